The number of benzene rings is 1. The van der Waals surface area contributed by atoms with Gasteiger partial charge in [0.25, 0.3) is 11.6 Å². The van der Waals surface area contributed by atoms with E-state index in [-0.39, 0.29) is 30.2 Å². The summed E-state index contributed by atoms with van der Waals surface area (Å²) >= 11 is 1.51. The van der Waals surface area contributed by atoms with Crippen molar-refractivity contribution in [1.82, 2.24) is 10.2 Å². The lowest BCUT2D eigenvalue weighted by molar-refractivity contribution is -0.384. The topological polar surface area (TPSA) is 140 Å². The SMILES string of the molecule is CCN(CC(=O)NCc1cccs1)C(=O)COC(=O)c1cc([N+](=O)[O-])ccc1NCCOC. The number of hydrogen-bond donors (Lipinski definition) is 2. The van der Waals surface area contributed by atoms with Crippen molar-refractivity contribution in [3.63, 3.8) is 0 Å². The van der Waals surface area contributed by atoms with Gasteiger partial charge in [-0.2, -0.15) is 0 Å². The number of ether oxygens (including phenoxy) is 2. The van der Waals surface area contributed by atoms with Gasteiger partial charge in [-0.3, -0.25) is 19.7 Å². The molecule has 0 fully saturated rings. The number of anilines is 1. The third-order valence-electron chi connectivity index (χ3n) is 4.49. The normalized spacial score (nSPS) is 10.4. The molecule has 0 atom stereocenters. The number of rotatable bonds is 13. The Labute approximate surface area is 194 Å². The van der Waals surface area contributed by atoms with E-state index in [1.807, 2.05) is 17.5 Å². The van der Waals surface area contributed by atoms with Gasteiger partial charge in [0, 0.05) is 42.9 Å². The first kappa shape index (κ1) is 25.7. The van der Waals surface area contributed by atoms with Gasteiger partial charge in [0.1, 0.15) is 0 Å². The maximum atomic E-state index is 12.6. The summed E-state index contributed by atoms with van der Waals surface area (Å²) in [5.74, 6) is -1.80. The van der Waals surface area contributed by atoms with Crippen LogP contribution in [-0.4, -0.2) is 67.6 Å². The number of likely N-dealkylation sites (N-methyl/N-ethyl adjacent to an activating group) is 1. The highest BCUT2D eigenvalue weighted by atomic mass is 32.1. The van der Waals surface area contributed by atoms with Gasteiger partial charge in [-0.05, 0) is 24.4 Å². The van der Waals surface area contributed by atoms with Gasteiger partial charge >= 0.3 is 5.97 Å². The largest absolute Gasteiger partial charge is 0.452 e. The first-order valence-corrected chi connectivity index (χ1v) is 11.0. The van der Waals surface area contributed by atoms with Gasteiger partial charge in [-0.25, -0.2) is 4.79 Å². The number of amides is 2. The summed E-state index contributed by atoms with van der Waals surface area (Å²) in [7, 11) is 1.51. The summed E-state index contributed by atoms with van der Waals surface area (Å²) in [6.45, 7) is 2.22. The molecule has 1 aromatic heterocycles. The number of nitro groups is 1. The number of esters is 1. The van der Waals surface area contributed by atoms with Gasteiger partial charge in [0.15, 0.2) is 6.61 Å². The fourth-order valence-electron chi connectivity index (χ4n) is 2.76. The maximum Gasteiger partial charge on any atom is 0.341 e. The smallest absolute Gasteiger partial charge is 0.341 e. The monoisotopic (exact) mass is 478 g/mol. The number of carbonyl (C=O) groups excluding carboxylic acids is 3. The van der Waals surface area contributed by atoms with Crippen LogP contribution in [0, 0.1) is 10.1 Å². The quantitative estimate of drug-likeness (QED) is 0.193. The summed E-state index contributed by atoms with van der Waals surface area (Å²) in [6.07, 6.45) is 0. The van der Waals surface area contributed by atoms with Crippen LogP contribution in [0.1, 0.15) is 22.2 Å². The molecule has 0 aliphatic heterocycles. The predicted molar refractivity (Wildman–Crippen MR) is 122 cm³/mol. The highest BCUT2D eigenvalue weighted by molar-refractivity contribution is 7.09. The lowest BCUT2D eigenvalue weighted by Gasteiger charge is -2.20. The third kappa shape index (κ3) is 8.16. The lowest BCUT2D eigenvalue weighted by Crippen LogP contribution is -2.42. The average molecular weight is 479 g/mol. The fraction of sp³-hybridized carbons (Fsp3) is 0.381. The van der Waals surface area contributed by atoms with E-state index in [4.69, 9.17) is 9.47 Å². The van der Waals surface area contributed by atoms with Crippen molar-refractivity contribution in [3.05, 3.63) is 56.3 Å². The van der Waals surface area contributed by atoms with Crippen molar-refractivity contribution < 1.29 is 28.8 Å². The van der Waals surface area contributed by atoms with Crippen LogP contribution in [0.3, 0.4) is 0 Å². The lowest BCUT2D eigenvalue weighted by atomic mass is 10.1. The van der Waals surface area contributed by atoms with Crippen molar-refractivity contribution >= 4 is 40.5 Å². The minimum absolute atomic E-state index is 0.0788. The van der Waals surface area contributed by atoms with Crippen molar-refractivity contribution in [2.75, 3.05) is 45.3 Å². The van der Waals surface area contributed by atoms with E-state index in [0.29, 0.717) is 25.4 Å². The number of thiophene rings is 1. The molecule has 0 unspecified atom stereocenters. The molecule has 0 aliphatic rings. The van der Waals surface area contributed by atoms with E-state index in [9.17, 15) is 24.5 Å². The molecule has 0 radical (unpaired) electrons. The van der Waals surface area contributed by atoms with Crippen molar-refractivity contribution in [2.45, 2.75) is 13.5 Å². The minimum Gasteiger partial charge on any atom is -0.452 e. The summed E-state index contributed by atoms with van der Waals surface area (Å²) in [5.41, 5.74) is -0.0524. The molecule has 1 aromatic carbocycles. The molecule has 2 aromatic rings. The number of nitrogens with one attached hydrogen (secondary N) is 2. The molecule has 178 valence electrons. The van der Waals surface area contributed by atoms with Gasteiger partial charge < -0.3 is 25.0 Å². The molecular formula is C21H26N4O7S. The van der Waals surface area contributed by atoms with Crippen molar-refractivity contribution in [2.24, 2.45) is 0 Å². The maximum absolute atomic E-state index is 12.6. The van der Waals surface area contributed by atoms with Crippen molar-refractivity contribution in [1.29, 1.82) is 0 Å². The van der Waals surface area contributed by atoms with E-state index in [1.54, 1.807) is 6.92 Å². The molecular weight excluding hydrogens is 452 g/mol. The molecule has 0 bridgehead atoms. The Bertz CT molecular complexity index is 966. The number of nitro benzene ring substituents is 1. The van der Waals surface area contributed by atoms with E-state index < -0.39 is 23.4 Å². The molecule has 0 saturated carbocycles. The first-order chi connectivity index (χ1) is 15.8. The van der Waals surface area contributed by atoms with Crippen LogP contribution in [0.5, 0.6) is 0 Å². The average Bonchev–Trinajstić information content (AvgIpc) is 3.33. The Morgan fingerprint density at radius 1 is 1.24 bits per heavy atom. The summed E-state index contributed by atoms with van der Waals surface area (Å²) < 4.78 is 10.0. The zero-order valence-electron chi connectivity index (χ0n) is 18.4. The number of carbonyl (C=O) groups is 3. The molecule has 12 heteroatoms. The Balaban J connectivity index is 1.96. The Hall–Kier alpha value is -3.51. The first-order valence-electron chi connectivity index (χ1n) is 10.1. The summed E-state index contributed by atoms with van der Waals surface area (Å²) in [4.78, 5) is 49.9. The van der Waals surface area contributed by atoms with E-state index in [0.717, 1.165) is 10.9 Å². The van der Waals surface area contributed by atoms with Crippen LogP contribution in [-0.2, 0) is 25.6 Å². The van der Waals surface area contributed by atoms with E-state index in [2.05, 4.69) is 10.6 Å². The van der Waals surface area contributed by atoms with Crippen LogP contribution >= 0.6 is 11.3 Å². The minimum atomic E-state index is -0.898. The summed E-state index contributed by atoms with van der Waals surface area (Å²) in [6, 6.07) is 7.49. The van der Waals surface area contributed by atoms with Gasteiger partial charge in [-0.15, -0.1) is 11.3 Å². The number of methoxy groups -OCH3 is 1. The molecule has 2 N–H and O–H groups in total. The van der Waals surface area contributed by atoms with Crippen LogP contribution in [0.15, 0.2) is 35.7 Å². The third-order valence-corrected chi connectivity index (χ3v) is 5.37. The van der Waals surface area contributed by atoms with Crippen LogP contribution in [0.2, 0.25) is 0 Å². The molecule has 0 saturated heterocycles. The number of non-ortho nitro benzene ring substituents is 1. The standard InChI is InChI=1S/C21H26N4O7S/c1-3-24(13-19(26)23-12-16-5-4-10-33-16)20(27)14-32-21(28)17-11-15(25(29)30)6-7-18(17)22-8-9-31-2/h4-7,10-11,22H,3,8-9,12-14H2,1-2H3,(H,23,26). The molecule has 0 aliphatic carbocycles. The second kappa shape index (κ2) is 13.1. The molecule has 11 nitrogen and oxygen atoms in total. The fourth-order valence-corrected chi connectivity index (χ4v) is 3.40. The summed E-state index contributed by atoms with van der Waals surface area (Å²) in [5, 5.41) is 18.7. The molecule has 0 spiro atoms. The van der Waals surface area contributed by atoms with Gasteiger partial charge in [-0.1, -0.05) is 6.07 Å². The highest BCUT2D eigenvalue weighted by Crippen LogP contribution is 2.23. The van der Waals surface area contributed by atoms with Gasteiger partial charge in [0.2, 0.25) is 5.91 Å². The predicted octanol–water partition coefficient (Wildman–Crippen LogP) is 2.04. The highest BCUT2D eigenvalue weighted by Gasteiger charge is 2.21. The van der Waals surface area contributed by atoms with Crippen molar-refractivity contribution in [3.8, 4) is 0 Å². The van der Waals surface area contributed by atoms with Crippen LogP contribution < -0.4 is 10.6 Å². The number of nitrogens with zero attached hydrogens (tertiary/aromatic N) is 2. The Morgan fingerprint density at radius 2 is 2.03 bits per heavy atom. The molecule has 33 heavy (non-hydrogen) atoms. The Morgan fingerprint density at radius 3 is 2.67 bits per heavy atom. The molecule has 1 heterocycles. The number of hydrogen-bond acceptors (Lipinski definition) is 9. The Kier molecular flexibility index (Phi) is 10.2. The van der Waals surface area contributed by atoms with Gasteiger partial charge in [0.05, 0.1) is 30.2 Å². The van der Waals surface area contributed by atoms with Crippen LogP contribution in [0.25, 0.3) is 0 Å². The molecule has 2 rings (SSSR count). The van der Waals surface area contributed by atoms with Crippen LogP contribution in [0.4, 0.5) is 11.4 Å². The second-order valence-corrected chi connectivity index (χ2v) is 7.78. The molecule has 2 amide bonds. The zero-order valence-corrected chi connectivity index (χ0v) is 19.2. The van der Waals surface area contributed by atoms with E-state index in [1.165, 1.54) is 35.5 Å². The zero-order chi connectivity index (χ0) is 24.2. The second-order valence-electron chi connectivity index (χ2n) is 6.75. The van der Waals surface area contributed by atoms with E-state index >= 15 is 0 Å².